The van der Waals surface area contributed by atoms with Gasteiger partial charge in [0.05, 0.1) is 15.5 Å². The SMILES string of the molecule is O=C(NN1C(=O)C(=Cc2c(F)cccc2Cl)SC1=S)c1cccnc1. The van der Waals surface area contributed by atoms with Crippen LogP contribution in [0.3, 0.4) is 0 Å². The van der Waals surface area contributed by atoms with Crippen LogP contribution >= 0.6 is 35.6 Å². The quantitative estimate of drug-likeness (QED) is 0.639. The Labute approximate surface area is 156 Å². The van der Waals surface area contributed by atoms with Crippen LogP contribution in [0.25, 0.3) is 6.08 Å². The van der Waals surface area contributed by atoms with E-state index in [9.17, 15) is 14.0 Å². The maximum atomic E-state index is 13.9. The zero-order chi connectivity index (χ0) is 18.0. The Kier molecular flexibility index (Phi) is 5.12. The maximum Gasteiger partial charge on any atom is 0.285 e. The van der Waals surface area contributed by atoms with Crippen LogP contribution in [-0.4, -0.2) is 26.1 Å². The van der Waals surface area contributed by atoms with Crippen molar-refractivity contribution in [2.24, 2.45) is 0 Å². The first-order valence-corrected chi connectivity index (χ1v) is 8.50. The molecular weight excluding hydrogens is 385 g/mol. The van der Waals surface area contributed by atoms with Crippen molar-refractivity contribution in [1.29, 1.82) is 0 Å². The number of nitrogens with zero attached hydrogens (tertiary/aromatic N) is 2. The van der Waals surface area contributed by atoms with Gasteiger partial charge in [0, 0.05) is 18.0 Å². The Morgan fingerprint density at radius 3 is 2.84 bits per heavy atom. The van der Waals surface area contributed by atoms with Gasteiger partial charge in [-0.25, -0.2) is 4.39 Å². The van der Waals surface area contributed by atoms with Crippen molar-refractivity contribution >= 4 is 57.8 Å². The summed E-state index contributed by atoms with van der Waals surface area (Å²) >= 11 is 12.0. The molecule has 1 fully saturated rings. The van der Waals surface area contributed by atoms with E-state index in [1.54, 1.807) is 12.1 Å². The summed E-state index contributed by atoms with van der Waals surface area (Å²) in [6.45, 7) is 0. The van der Waals surface area contributed by atoms with Gasteiger partial charge in [0.2, 0.25) is 0 Å². The van der Waals surface area contributed by atoms with E-state index in [1.165, 1.54) is 36.7 Å². The molecule has 0 spiro atoms. The fourth-order valence-electron chi connectivity index (χ4n) is 2.01. The molecule has 1 aliphatic rings. The third-order valence-electron chi connectivity index (χ3n) is 3.21. The summed E-state index contributed by atoms with van der Waals surface area (Å²) in [6, 6.07) is 7.37. The summed E-state index contributed by atoms with van der Waals surface area (Å²) in [5.41, 5.74) is 2.78. The maximum absolute atomic E-state index is 13.9. The Morgan fingerprint density at radius 2 is 2.16 bits per heavy atom. The number of carbonyl (C=O) groups is 2. The third-order valence-corrected chi connectivity index (χ3v) is 4.84. The highest BCUT2D eigenvalue weighted by atomic mass is 35.5. The summed E-state index contributed by atoms with van der Waals surface area (Å²) in [4.78, 5) is 28.6. The number of thioether (sulfide) groups is 1. The van der Waals surface area contributed by atoms with Crippen molar-refractivity contribution in [3.05, 3.63) is 69.6 Å². The highest BCUT2D eigenvalue weighted by Gasteiger charge is 2.34. The lowest BCUT2D eigenvalue weighted by molar-refractivity contribution is -0.123. The number of hydrogen-bond donors (Lipinski definition) is 1. The van der Waals surface area contributed by atoms with Crippen LogP contribution in [0, 0.1) is 5.82 Å². The zero-order valence-corrected chi connectivity index (χ0v) is 14.8. The number of carbonyl (C=O) groups excluding carboxylic acids is 2. The van der Waals surface area contributed by atoms with Gasteiger partial charge in [-0.1, -0.05) is 29.4 Å². The summed E-state index contributed by atoms with van der Waals surface area (Å²) in [5, 5.41) is 1.11. The lowest BCUT2D eigenvalue weighted by atomic mass is 10.2. The fraction of sp³-hybridized carbons (Fsp3) is 0. The van der Waals surface area contributed by atoms with Crippen LogP contribution in [-0.2, 0) is 4.79 Å². The molecular formula is C16H9ClFN3O2S2. The minimum atomic E-state index is -0.563. The summed E-state index contributed by atoms with van der Waals surface area (Å²) in [5.74, 6) is -1.65. The van der Waals surface area contributed by atoms with Gasteiger partial charge in [-0.3, -0.25) is 20.0 Å². The average molecular weight is 394 g/mol. The van der Waals surface area contributed by atoms with Gasteiger partial charge >= 0.3 is 0 Å². The number of halogens is 2. The topological polar surface area (TPSA) is 62.3 Å². The largest absolute Gasteiger partial charge is 0.285 e. The van der Waals surface area contributed by atoms with Gasteiger partial charge in [-0.15, -0.1) is 0 Å². The van der Waals surface area contributed by atoms with E-state index in [1.807, 2.05) is 0 Å². The van der Waals surface area contributed by atoms with Crippen LogP contribution in [0.4, 0.5) is 4.39 Å². The van der Waals surface area contributed by atoms with Crippen LogP contribution < -0.4 is 5.43 Å². The molecule has 1 aliphatic heterocycles. The van der Waals surface area contributed by atoms with E-state index >= 15 is 0 Å². The summed E-state index contributed by atoms with van der Waals surface area (Å²) in [7, 11) is 0. The lowest BCUT2D eigenvalue weighted by Crippen LogP contribution is -2.44. The molecule has 0 aliphatic carbocycles. The van der Waals surface area contributed by atoms with E-state index in [4.69, 9.17) is 23.8 Å². The van der Waals surface area contributed by atoms with Crippen molar-refractivity contribution in [1.82, 2.24) is 15.4 Å². The molecule has 0 bridgehead atoms. The Hall–Kier alpha value is -2.29. The Bertz CT molecular complexity index is 885. The number of thiocarbonyl (C=S) groups is 1. The molecule has 0 saturated carbocycles. The molecule has 3 rings (SSSR count). The van der Waals surface area contributed by atoms with Crippen LogP contribution in [0.15, 0.2) is 47.6 Å². The van der Waals surface area contributed by atoms with Crippen molar-refractivity contribution in [3.8, 4) is 0 Å². The normalized spacial score (nSPS) is 15.8. The number of nitrogens with one attached hydrogen (secondary N) is 1. The third kappa shape index (κ3) is 3.71. The molecule has 0 radical (unpaired) electrons. The number of hydrogen-bond acceptors (Lipinski definition) is 5. The number of pyridine rings is 1. The van der Waals surface area contributed by atoms with Gasteiger partial charge in [-0.05, 0) is 42.6 Å². The molecule has 2 amide bonds. The first kappa shape index (κ1) is 17.5. The molecule has 1 saturated heterocycles. The van der Waals surface area contributed by atoms with E-state index in [0.29, 0.717) is 0 Å². The molecule has 2 aromatic rings. The first-order valence-electron chi connectivity index (χ1n) is 6.90. The second-order valence-corrected chi connectivity index (χ2v) is 6.92. The minimum Gasteiger partial charge on any atom is -0.267 e. The molecule has 126 valence electrons. The molecule has 0 unspecified atom stereocenters. The summed E-state index contributed by atoms with van der Waals surface area (Å²) in [6.07, 6.45) is 4.20. The van der Waals surface area contributed by atoms with Crippen molar-refractivity contribution in [2.45, 2.75) is 0 Å². The molecule has 9 heteroatoms. The second-order valence-electron chi connectivity index (χ2n) is 4.84. The number of rotatable bonds is 3. The number of aromatic nitrogens is 1. The second kappa shape index (κ2) is 7.30. The first-order chi connectivity index (χ1) is 12.0. The standard InChI is InChI=1S/C16H9ClFN3O2S2/c17-11-4-1-5-12(18)10(11)7-13-15(23)21(16(24)25-13)20-14(22)9-3-2-6-19-8-9/h1-8H,(H,20,22). The van der Waals surface area contributed by atoms with E-state index in [0.717, 1.165) is 16.8 Å². The number of amides is 2. The summed E-state index contributed by atoms with van der Waals surface area (Å²) < 4.78 is 14.0. The molecule has 1 aromatic heterocycles. The van der Waals surface area contributed by atoms with Gasteiger partial charge in [0.15, 0.2) is 4.32 Å². The highest BCUT2D eigenvalue weighted by Crippen LogP contribution is 2.33. The Morgan fingerprint density at radius 1 is 1.36 bits per heavy atom. The van der Waals surface area contributed by atoms with E-state index < -0.39 is 17.6 Å². The van der Waals surface area contributed by atoms with Crippen LogP contribution in [0.2, 0.25) is 5.02 Å². The molecule has 1 N–H and O–H groups in total. The number of benzene rings is 1. The predicted molar refractivity (Wildman–Crippen MR) is 98.1 cm³/mol. The number of hydrazine groups is 1. The predicted octanol–water partition coefficient (Wildman–Crippen LogP) is 3.42. The molecule has 5 nitrogen and oxygen atoms in total. The monoisotopic (exact) mass is 393 g/mol. The van der Waals surface area contributed by atoms with Crippen LogP contribution in [0.1, 0.15) is 15.9 Å². The van der Waals surface area contributed by atoms with Crippen molar-refractivity contribution in [3.63, 3.8) is 0 Å². The van der Waals surface area contributed by atoms with Gasteiger partial charge in [0.1, 0.15) is 5.82 Å². The molecule has 1 aromatic carbocycles. The highest BCUT2D eigenvalue weighted by molar-refractivity contribution is 8.26. The Balaban J connectivity index is 1.83. The fourth-order valence-corrected chi connectivity index (χ4v) is 3.39. The van der Waals surface area contributed by atoms with Crippen LogP contribution in [0.5, 0.6) is 0 Å². The van der Waals surface area contributed by atoms with E-state index in [2.05, 4.69) is 10.4 Å². The van der Waals surface area contributed by atoms with Gasteiger partial charge < -0.3 is 0 Å². The average Bonchev–Trinajstić information content (AvgIpc) is 2.86. The molecule has 0 atom stereocenters. The van der Waals surface area contributed by atoms with Crippen molar-refractivity contribution in [2.75, 3.05) is 0 Å². The van der Waals surface area contributed by atoms with Crippen molar-refractivity contribution < 1.29 is 14.0 Å². The van der Waals surface area contributed by atoms with Gasteiger partial charge in [-0.2, -0.15) is 5.01 Å². The lowest BCUT2D eigenvalue weighted by Gasteiger charge is -2.15. The van der Waals surface area contributed by atoms with E-state index in [-0.39, 0.29) is 25.4 Å². The zero-order valence-electron chi connectivity index (χ0n) is 12.4. The molecule has 2 heterocycles. The minimum absolute atomic E-state index is 0.0863. The smallest absolute Gasteiger partial charge is 0.267 e. The molecule has 25 heavy (non-hydrogen) atoms. The van der Waals surface area contributed by atoms with Gasteiger partial charge in [0.25, 0.3) is 11.8 Å².